The Balaban J connectivity index is 3.33. The summed E-state index contributed by atoms with van der Waals surface area (Å²) in [6, 6.07) is 0.498. The number of thioether (sulfide) groups is 1. The molecule has 0 bridgehead atoms. The predicted octanol–water partition coefficient (Wildman–Crippen LogP) is 3.46. The molecule has 0 radical (unpaired) electrons. The summed E-state index contributed by atoms with van der Waals surface area (Å²) in [7, 11) is 0. The molecule has 0 aliphatic carbocycles. The highest BCUT2D eigenvalue weighted by Crippen LogP contribution is 2.05. The maximum Gasteiger partial charge on any atom is 0.0897 e. The molecule has 0 rings (SSSR count). The monoisotopic (exact) mass is 305 g/mol. The minimum atomic E-state index is -0.383. The fourth-order valence-electron chi connectivity index (χ4n) is 2.09. The lowest BCUT2D eigenvalue weighted by Gasteiger charge is -2.18. The minimum absolute atomic E-state index is 0.383. The van der Waals surface area contributed by atoms with E-state index in [0.717, 1.165) is 25.2 Å². The Bertz CT molecular complexity index is 193. The zero-order valence-electron chi connectivity index (χ0n) is 13.7. The van der Waals surface area contributed by atoms with Crippen LogP contribution < -0.4 is 5.32 Å². The lowest BCUT2D eigenvalue weighted by atomic mass is 10.1. The van der Waals surface area contributed by atoms with E-state index in [4.69, 9.17) is 4.74 Å². The topological polar surface area (TPSA) is 41.5 Å². The van der Waals surface area contributed by atoms with E-state index >= 15 is 0 Å². The molecule has 0 aromatic heterocycles. The van der Waals surface area contributed by atoms with Crippen molar-refractivity contribution in [2.24, 2.45) is 0 Å². The third-order valence-electron chi connectivity index (χ3n) is 3.46. The number of unbranched alkanes of at least 4 members (excludes halogenated alkanes) is 5. The number of aliphatic hydroxyl groups excluding tert-OH is 1. The number of rotatable bonds is 15. The largest absolute Gasteiger partial charge is 0.389 e. The van der Waals surface area contributed by atoms with E-state index < -0.39 is 0 Å². The van der Waals surface area contributed by atoms with Crippen molar-refractivity contribution < 1.29 is 9.84 Å². The fourth-order valence-corrected chi connectivity index (χ4v) is 2.84. The number of aliphatic hydroxyl groups is 1. The first kappa shape index (κ1) is 20.2. The number of ether oxygens (including phenoxy) is 1. The molecular weight excluding hydrogens is 270 g/mol. The van der Waals surface area contributed by atoms with E-state index in [1.54, 1.807) is 0 Å². The zero-order chi connectivity index (χ0) is 15.1. The van der Waals surface area contributed by atoms with Gasteiger partial charge in [0.2, 0.25) is 0 Å². The van der Waals surface area contributed by atoms with E-state index in [1.165, 1.54) is 32.1 Å². The highest BCUT2D eigenvalue weighted by molar-refractivity contribution is 7.98. The summed E-state index contributed by atoms with van der Waals surface area (Å²) in [6.45, 7) is 6.29. The quantitative estimate of drug-likeness (QED) is 0.455. The minimum Gasteiger partial charge on any atom is -0.389 e. The summed E-state index contributed by atoms with van der Waals surface area (Å²) in [4.78, 5) is 0. The van der Waals surface area contributed by atoms with Crippen molar-refractivity contribution in [3.63, 3.8) is 0 Å². The van der Waals surface area contributed by atoms with E-state index in [1.807, 2.05) is 11.8 Å². The molecule has 0 amide bonds. The van der Waals surface area contributed by atoms with Gasteiger partial charge < -0.3 is 15.2 Å². The van der Waals surface area contributed by atoms with Crippen LogP contribution in [0.25, 0.3) is 0 Å². The first-order chi connectivity index (χ1) is 9.74. The summed E-state index contributed by atoms with van der Waals surface area (Å²) < 4.78 is 5.53. The normalized spacial score (nSPS) is 14.4. The van der Waals surface area contributed by atoms with Gasteiger partial charge in [-0.2, -0.15) is 11.8 Å². The molecule has 3 nitrogen and oxygen atoms in total. The first-order valence-corrected chi connectivity index (χ1v) is 9.62. The van der Waals surface area contributed by atoms with Crippen LogP contribution in [-0.2, 0) is 4.74 Å². The zero-order valence-corrected chi connectivity index (χ0v) is 14.5. The highest BCUT2D eigenvalue weighted by Gasteiger charge is 2.08. The van der Waals surface area contributed by atoms with Crippen molar-refractivity contribution >= 4 is 11.8 Å². The maximum absolute atomic E-state index is 9.84. The molecular formula is C16H35NO2S. The Morgan fingerprint density at radius 1 is 1.10 bits per heavy atom. The molecule has 2 unspecified atom stereocenters. The third-order valence-corrected chi connectivity index (χ3v) is 4.19. The second-order valence-electron chi connectivity index (χ2n) is 5.47. The predicted molar refractivity (Wildman–Crippen MR) is 90.7 cm³/mol. The van der Waals surface area contributed by atoms with Crippen LogP contribution in [0.3, 0.4) is 0 Å². The molecule has 0 heterocycles. The molecule has 0 aromatic carbocycles. The molecule has 4 heteroatoms. The van der Waals surface area contributed by atoms with Gasteiger partial charge in [0, 0.05) is 24.9 Å². The summed E-state index contributed by atoms with van der Waals surface area (Å²) in [5.74, 6) is 1.10. The summed E-state index contributed by atoms with van der Waals surface area (Å²) in [5.41, 5.74) is 0. The van der Waals surface area contributed by atoms with Gasteiger partial charge in [0.25, 0.3) is 0 Å². The van der Waals surface area contributed by atoms with Crippen molar-refractivity contribution in [1.82, 2.24) is 5.32 Å². The Morgan fingerprint density at radius 2 is 1.80 bits per heavy atom. The van der Waals surface area contributed by atoms with Crippen LogP contribution in [-0.4, -0.2) is 49.0 Å². The van der Waals surface area contributed by atoms with Crippen LogP contribution in [0.15, 0.2) is 0 Å². The molecule has 0 saturated carbocycles. The van der Waals surface area contributed by atoms with E-state index in [9.17, 15) is 5.11 Å². The maximum atomic E-state index is 9.84. The Kier molecular flexibility index (Phi) is 15.8. The van der Waals surface area contributed by atoms with Crippen LogP contribution in [0.1, 0.15) is 58.8 Å². The summed E-state index contributed by atoms with van der Waals surface area (Å²) >= 11 is 1.84. The van der Waals surface area contributed by atoms with Gasteiger partial charge in [-0.1, -0.05) is 46.0 Å². The third kappa shape index (κ3) is 13.2. The van der Waals surface area contributed by atoms with Gasteiger partial charge in [-0.25, -0.2) is 0 Å². The molecule has 0 spiro atoms. The van der Waals surface area contributed by atoms with Crippen molar-refractivity contribution in [1.29, 1.82) is 0 Å². The van der Waals surface area contributed by atoms with Gasteiger partial charge in [0.1, 0.15) is 0 Å². The van der Waals surface area contributed by atoms with Gasteiger partial charge in [0.15, 0.2) is 0 Å². The molecule has 122 valence electrons. The SMILES string of the molecule is CCCCCCCCOCC(O)CNC(CC)CSC. The molecule has 0 fully saturated rings. The lowest BCUT2D eigenvalue weighted by Crippen LogP contribution is -2.38. The van der Waals surface area contributed by atoms with E-state index in [0.29, 0.717) is 19.2 Å². The molecule has 0 aliphatic heterocycles. The Hall–Kier alpha value is 0.230. The van der Waals surface area contributed by atoms with Gasteiger partial charge in [0.05, 0.1) is 12.7 Å². The van der Waals surface area contributed by atoms with Crippen LogP contribution >= 0.6 is 11.8 Å². The van der Waals surface area contributed by atoms with Crippen LogP contribution in [0, 0.1) is 0 Å². The van der Waals surface area contributed by atoms with Crippen LogP contribution in [0.2, 0.25) is 0 Å². The van der Waals surface area contributed by atoms with Crippen molar-refractivity contribution in [2.45, 2.75) is 70.9 Å². The molecule has 0 aliphatic rings. The second-order valence-corrected chi connectivity index (χ2v) is 6.38. The summed E-state index contributed by atoms with van der Waals surface area (Å²) in [5, 5.41) is 13.2. The average molecular weight is 306 g/mol. The van der Waals surface area contributed by atoms with Gasteiger partial charge >= 0.3 is 0 Å². The number of hydrogen-bond donors (Lipinski definition) is 2. The van der Waals surface area contributed by atoms with Gasteiger partial charge in [-0.3, -0.25) is 0 Å². The first-order valence-electron chi connectivity index (χ1n) is 8.22. The number of nitrogens with one attached hydrogen (secondary N) is 1. The molecule has 2 atom stereocenters. The number of hydrogen-bond acceptors (Lipinski definition) is 4. The smallest absolute Gasteiger partial charge is 0.0897 e. The Morgan fingerprint density at radius 3 is 2.45 bits per heavy atom. The van der Waals surface area contributed by atoms with Crippen molar-refractivity contribution in [3.8, 4) is 0 Å². The lowest BCUT2D eigenvalue weighted by molar-refractivity contribution is 0.0344. The standard InChI is InChI=1S/C16H35NO2S/c1-4-6-7-8-9-10-11-19-13-16(18)12-17-15(5-2)14-20-3/h15-18H,4-14H2,1-3H3. The van der Waals surface area contributed by atoms with E-state index in [2.05, 4.69) is 25.4 Å². The van der Waals surface area contributed by atoms with E-state index in [-0.39, 0.29) is 6.10 Å². The summed E-state index contributed by atoms with van der Waals surface area (Å²) in [6.07, 6.45) is 10.5. The molecule has 20 heavy (non-hydrogen) atoms. The Labute approximate surface area is 130 Å². The van der Waals surface area contributed by atoms with Crippen molar-refractivity contribution in [3.05, 3.63) is 0 Å². The van der Waals surface area contributed by atoms with Crippen molar-refractivity contribution in [2.75, 3.05) is 31.8 Å². The van der Waals surface area contributed by atoms with Gasteiger partial charge in [-0.15, -0.1) is 0 Å². The molecule has 0 aromatic rings. The second kappa shape index (κ2) is 15.6. The van der Waals surface area contributed by atoms with Gasteiger partial charge in [-0.05, 0) is 19.1 Å². The highest BCUT2D eigenvalue weighted by atomic mass is 32.2. The molecule has 0 saturated heterocycles. The average Bonchev–Trinajstić information content (AvgIpc) is 2.46. The fraction of sp³-hybridized carbons (Fsp3) is 1.00. The van der Waals surface area contributed by atoms with Crippen LogP contribution in [0.5, 0.6) is 0 Å². The molecule has 2 N–H and O–H groups in total. The van der Waals surface area contributed by atoms with Crippen LogP contribution in [0.4, 0.5) is 0 Å².